The van der Waals surface area contributed by atoms with Gasteiger partial charge in [0.05, 0.1) is 6.04 Å². The molecule has 1 fully saturated rings. The minimum atomic E-state index is -0.539. The van der Waals surface area contributed by atoms with E-state index in [4.69, 9.17) is 4.74 Å². The predicted molar refractivity (Wildman–Crippen MR) is 143 cm³/mol. The van der Waals surface area contributed by atoms with Gasteiger partial charge in [-0.25, -0.2) is 4.79 Å². The van der Waals surface area contributed by atoms with E-state index in [-0.39, 0.29) is 30.0 Å². The first-order valence-electron chi connectivity index (χ1n) is 11.5. The second-order valence-corrected chi connectivity index (χ2v) is 9.18. The van der Waals surface area contributed by atoms with Crippen molar-refractivity contribution in [1.29, 1.82) is 0 Å². The molecule has 0 saturated carbocycles. The maximum atomic E-state index is 12.4. The maximum absolute atomic E-state index is 12.4. The molecule has 182 valence electrons. The molecule has 32 heavy (non-hydrogen) atoms. The Morgan fingerprint density at radius 3 is 2.44 bits per heavy atom. The van der Waals surface area contributed by atoms with Crippen molar-refractivity contribution in [2.45, 2.75) is 71.1 Å². The molecule has 1 unspecified atom stereocenters. The number of hydrogen-bond acceptors (Lipinski definition) is 4. The zero-order chi connectivity index (χ0) is 22.7. The molecule has 0 aliphatic carbocycles. The van der Waals surface area contributed by atoms with Crippen molar-refractivity contribution in [3.8, 4) is 0 Å². The normalized spacial score (nSPS) is 16.6. The summed E-state index contributed by atoms with van der Waals surface area (Å²) in [6.45, 7) is 11.8. The van der Waals surface area contributed by atoms with E-state index in [9.17, 15) is 4.79 Å². The van der Waals surface area contributed by atoms with Crippen molar-refractivity contribution in [1.82, 2.24) is 20.9 Å². The van der Waals surface area contributed by atoms with Crippen molar-refractivity contribution in [2.75, 3.05) is 33.2 Å². The van der Waals surface area contributed by atoms with Gasteiger partial charge in [0.25, 0.3) is 0 Å². The second kappa shape index (κ2) is 14.6. The average Bonchev–Trinajstić information content (AvgIpc) is 2.74. The lowest BCUT2D eigenvalue weighted by Crippen LogP contribution is -2.50. The van der Waals surface area contributed by atoms with E-state index in [0.29, 0.717) is 12.6 Å². The number of rotatable bonds is 8. The molecule has 1 aliphatic rings. The first-order chi connectivity index (χ1) is 14.8. The zero-order valence-corrected chi connectivity index (χ0v) is 22.6. The van der Waals surface area contributed by atoms with Gasteiger partial charge in [-0.1, -0.05) is 43.7 Å². The van der Waals surface area contributed by atoms with Crippen LogP contribution in [0.4, 0.5) is 4.79 Å². The summed E-state index contributed by atoms with van der Waals surface area (Å²) in [6.07, 6.45) is 4.32. The van der Waals surface area contributed by atoms with Gasteiger partial charge in [0, 0.05) is 32.7 Å². The quantitative estimate of drug-likeness (QED) is 0.252. The number of benzene rings is 1. The first kappa shape index (κ1) is 28.5. The molecule has 1 aromatic carbocycles. The van der Waals surface area contributed by atoms with Crippen LogP contribution in [0.2, 0.25) is 0 Å². The van der Waals surface area contributed by atoms with E-state index in [1.54, 1.807) is 7.05 Å². The van der Waals surface area contributed by atoms with Crippen LogP contribution < -0.4 is 16.0 Å². The summed E-state index contributed by atoms with van der Waals surface area (Å²) in [5, 5.41) is 9.92. The van der Waals surface area contributed by atoms with Gasteiger partial charge in [0.1, 0.15) is 5.60 Å². The molecule has 7 nitrogen and oxygen atoms in total. The fourth-order valence-electron chi connectivity index (χ4n) is 3.66. The van der Waals surface area contributed by atoms with E-state index >= 15 is 0 Å². The Bertz CT molecular complexity index is 685. The smallest absolute Gasteiger partial charge is 0.408 e. The number of ether oxygens (including phenoxy) is 1. The van der Waals surface area contributed by atoms with Crippen molar-refractivity contribution >= 4 is 36.0 Å². The van der Waals surface area contributed by atoms with Crippen molar-refractivity contribution < 1.29 is 9.53 Å². The van der Waals surface area contributed by atoms with E-state index in [1.807, 2.05) is 51.1 Å². The van der Waals surface area contributed by atoms with Gasteiger partial charge in [0.15, 0.2) is 5.96 Å². The van der Waals surface area contributed by atoms with Crippen LogP contribution in [0.1, 0.15) is 65.0 Å². The SMILES string of the molecule is CCCCN1CCC(NC(=NC)NCC(NC(=O)OC(C)(C)C)c2ccccc2)CC1.I. The third-order valence-electron chi connectivity index (χ3n) is 5.35. The Hall–Kier alpha value is -1.55. The van der Waals surface area contributed by atoms with Crippen LogP contribution in [0.25, 0.3) is 0 Å². The number of hydrogen-bond donors (Lipinski definition) is 3. The van der Waals surface area contributed by atoms with Crippen LogP contribution in [-0.4, -0.2) is 61.8 Å². The molecular weight excluding hydrogens is 517 g/mol. The number of amides is 1. The van der Waals surface area contributed by atoms with E-state index in [1.165, 1.54) is 19.4 Å². The van der Waals surface area contributed by atoms with Gasteiger partial charge in [0.2, 0.25) is 0 Å². The van der Waals surface area contributed by atoms with Crippen LogP contribution in [0.3, 0.4) is 0 Å². The van der Waals surface area contributed by atoms with E-state index in [0.717, 1.165) is 37.5 Å². The fraction of sp³-hybridized carbons (Fsp3) is 0.667. The third kappa shape index (κ3) is 10.8. The molecular formula is C24H42IN5O2. The average molecular weight is 560 g/mol. The monoisotopic (exact) mass is 559 g/mol. The Labute approximate surface area is 211 Å². The lowest BCUT2D eigenvalue weighted by atomic mass is 10.0. The van der Waals surface area contributed by atoms with Gasteiger partial charge in [-0.3, -0.25) is 4.99 Å². The molecule has 1 amide bonds. The summed E-state index contributed by atoms with van der Waals surface area (Å²) in [5.74, 6) is 0.763. The highest BCUT2D eigenvalue weighted by atomic mass is 127. The topological polar surface area (TPSA) is 78.0 Å². The first-order valence-corrected chi connectivity index (χ1v) is 11.5. The minimum absolute atomic E-state index is 0. The molecule has 0 aromatic heterocycles. The summed E-state index contributed by atoms with van der Waals surface area (Å²) in [5.41, 5.74) is 0.475. The number of aliphatic imine (C=N–C) groups is 1. The molecule has 1 atom stereocenters. The number of carbonyl (C=O) groups excluding carboxylic acids is 1. The second-order valence-electron chi connectivity index (χ2n) is 9.18. The summed E-state index contributed by atoms with van der Waals surface area (Å²) in [7, 11) is 1.78. The number of halogens is 1. The van der Waals surface area contributed by atoms with Crippen LogP contribution in [-0.2, 0) is 4.74 Å². The maximum Gasteiger partial charge on any atom is 0.408 e. The Morgan fingerprint density at radius 1 is 1.22 bits per heavy atom. The Morgan fingerprint density at radius 2 is 1.88 bits per heavy atom. The number of nitrogens with zero attached hydrogens (tertiary/aromatic N) is 2. The number of guanidine groups is 1. The van der Waals surface area contributed by atoms with Crippen molar-refractivity contribution in [3.63, 3.8) is 0 Å². The predicted octanol–water partition coefficient (Wildman–Crippen LogP) is 4.30. The van der Waals surface area contributed by atoms with E-state index < -0.39 is 11.7 Å². The summed E-state index contributed by atoms with van der Waals surface area (Å²) < 4.78 is 5.45. The fourth-order valence-corrected chi connectivity index (χ4v) is 3.66. The highest BCUT2D eigenvalue weighted by Gasteiger charge is 2.22. The Kier molecular flexibility index (Phi) is 13.0. The molecule has 1 aromatic rings. The van der Waals surface area contributed by atoms with Crippen LogP contribution in [0.5, 0.6) is 0 Å². The summed E-state index contributed by atoms with van der Waals surface area (Å²) >= 11 is 0. The van der Waals surface area contributed by atoms with Gasteiger partial charge in [-0.2, -0.15) is 0 Å². The summed E-state index contributed by atoms with van der Waals surface area (Å²) in [4.78, 5) is 19.3. The molecule has 1 heterocycles. The lowest BCUT2D eigenvalue weighted by molar-refractivity contribution is 0.0504. The molecule has 8 heteroatoms. The van der Waals surface area contributed by atoms with E-state index in [2.05, 4.69) is 32.8 Å². The summed E-state index contributed by atoms with van der Waals surface area (Å²) in [6, 6.07) is 10.1. The minimum Gasteiger partial charge on any atom is -0.444 e. The van der Waals surface area contributed by atoms with Crippen molar-refractivity contribution in [2.24, 2.45) is 4.99 Å². The molecule has 0 radical (unpaired) electrons. The van der Waals surface area contributed by atoms with Crippen molar-refractivity contribution in [3.05, 3.63) is 35.9 Å². The van der Waals surface area contributed by atoms with Gasteiger partial charge < -0.3 is 25.6 Å². The molecule has 1 aliphatic heterocycles. The number of carbonyl (C=O) groups is 1. The third-order valence-corrected chi connectivity index (χ3v) is 5.35. The highest BCUT2D eigenvalue weighted by molar-refractivity contribution is 14.0. The van der Waals surface area contributed by atoms with Crippen LogP contribution >= 0.6 is 24.0 Å². The number of unbranched alkanes of at least 4 members (excludes halogenated alkanes) is 1. The van der Waals surface area contributed by atoms with Crippen LogP contribution in [0, 0.1) is 0 Å². The molecule has 2 rings (SSSR count). The number of nitrogens with one attached hydrogen (secondary N) is 3. The molecule has 0 bridgehead atoms. The highest BCUT2D eigenvalue weighted by Crippen LogP contribution is 2.15. The molecule has 1 saturated heterocycles. The lowest BCUT2D eigenvalue weighted by Gasteiger charge is -2.33. The van der Waals surface area contributed by atoms with Gasteiger partial charge in [-0.05, 0) is 52.1 Å². The van der Waals surface area contributed by atoms with Crippen LogP contribution in [0.15, 0.2) is 35.3 Å². The number of piperidine rings is 1. The zero-order valence-electron chi connectivity index (χ0n) is 20.3. The molecule has 3 N–H and O–H groups in total. The molecule has 0 spiro atoms. The standard InChI is InChI=1S/C24H41N5O2.HI/c1-6-7-15-29-16-13-20(14-17-29)27-22(25-5)26-18-21(19-11-9-8-10-12-19)28-23(30)31-24(2,3)4;/h8-12,20-21H,6-7,13-18H2,1-5H3,(H,28,30)(H2,25,26,27);1H. The van der Waals surface area contributed by atoms with Gasteiger partial charge in [-0.15, -0.1) is 24.0 Å². The largest absolute Gasteiger partial charge is 0.444 e. The number of likely N-dealkylation sites (tertiary alicyclic amines) is 1. The number of alkyl carbamates (subject to hydrolysis) is 1. The Balaban J connectivity index is 0.00000512. The van der Waals surface area contributed by atoms with Gasteiger partial charge >= 0.3 is 6.09 Å².